The van der Waals surface area contributed by atoms with Crippen LogP contribution in [0.2, 0.25) is 0 Å². The van der Waals surface area contributed by atoms with E-state index in [0.717, 1.165) is 16.0 Å². The monoisotopic (exact) mass is 444 g/mol. The summed E-state index contributed by atoms with van der Waals surface area (Å²) in [5.74, 6) is 0.227. The Labute approximate surface area is 188 Å². The van der Waals surface area contributed by atoms with Crippen LogP contribution in [0.3, 0.4) is 0 Å². The van der Waals surface area contributed by atoms with Gasteiger partial charge in [0.1, 0.15) is 35.4 Å². The summed E-state index contributed by atoms with van der Waals surface area (Å²) in [6, 6.07) is 13.5. The van der Waals surface area contributed by atoms with Gasteiger partial charge < -0.3 is 14.2 Å². The van der Waals surface area contributed by atoms with Gasteiger partial charge in [-0.05, 0) is 48.2 Å². The van der Waals surface area contributed by atoms with Gasteiger partial charge in [-0.15, -0.1) is 0 Å². The van der Waals surface area contributed by atoms with Crippen molar-refractivity contribution in [2.45, 2.75) is 30.8 Å². The summed E-state index contributed by atoms with van der Waals surface area (Å²) in [7, 11) is 0. The van der Waals surface area contributed by atoms with Crippen molar-refractivity contribution in [1.82, 2.24) is 15.2 Å². The minimum Gasteiger partial charge on any atom is -0.467 e. The number of nitrogens with zero attached hydrogens (tertiary/aromatic N) is 3. The van der Waals surface area contributed by atoms with Crippen molar-refractivity contribution in [1.29, 1.82) is 0 Å². The number of rotatable bonds is 4. The Morgan fingerprint density at radius 3 is 2.70 bits per heavy atom. The Bertz CT molecular complexity index is 1280. The second-order valence-corrected chi connectivity index (χ2v) is 8.38. The van der Waals surface area contributed by atoms with Crippen LogP contribution in [-0.2, 0) is 21.5 Å². The van der Waals surface area contributed by atoms with Gasteiger partial charge in [-0.25, -0.2) is 9.80 Å². The van der Waals surface area contributed by atoms with Gasteiger partial charge in [0, 0.05) is 6.42 Å². The summed E-state index contributed by atoms with van der Waals surface area (Å²) < 4.78 is 11.0. The van der Waals surface area contributed by atoms with Gasteiger partial charge in [0.05, 0.1) is 12.5 Å². The van der Waals surface area contributed by atoms with E-state index in [-0.39, 0.29) is 0 Å². The van der Waals surface area contributed by atoms with E-state index in [2.05, 4.69) is 10.4 Å². The molecule has 1 spiro atoms. The molecule has 33 heavy (non-hydrogen) atoms. The minimum absolute atomic E-state index is 0.393. The van der Waals surface area contributed by atoms with Crippen molar-refractivity contribution in [2.24, 2.45) is 5.10 Å². The lowest BCUT2D eigenvalue weighted by Crippen LogP contribution is -2.44. The summed E-state index contributed by atoms with van der Waals surface area (Å²) in [6.45, 7) is -0.416. The first-order valence-corrected chi connectivity index (χ1v) is 10.8. The van der Waals surface area contributed by atoms with Crippen molar-refractivity contribution in [3.63, 3.8) is 0 Å². The molecule has 9 nitrogen and oxygen atoms in total. The number of aryl methyl sites for hydroxylation is 1. The molecule has 3 aromatic rings. The Kier molecular flexibility index (Phi) is 4.26. The van der Waals surface area contributed by atoms with Crippen molar-refractivity contribution in [3.05, 3.63) is 83.7 Å². The highest BCUT2D eigenvalue weighted by Crippen LogP contribution is 2.41. The van der Waals surface area contributed by atoms with E-state index in [1.54, 1.807) is 24.3 Å². The molecule has 2 aliphatic heterocycles. The number of imide groups is 1. The number of carbonyl (C=O) groups excluding carboxylic acids is 3. The van der Waals surface area contributed by atoms with Gasteiger partial charge in [-0.1, -0.05) is 24.3 Å². The molecule has 2 unspecified atom stereocenters. The van der Waals surface area contributed by atoms with E-state index in [0.29, 0.717) is 36.5 Å². The number of hydrogen-bond donors (Lipinski definition) is 1. The highest BCUT2D eigenvalue weighted by atomic mass is 16.3. The lowest BCUT2D eigenvalue weighted by atomic mass is 9.92. The molecular weight excluding hydrogens is 424 g/mol. The van der Waals surface area contributed by atoms with Crippen LogP contribution in [0, 0.1) is 0 Å². The zero-order chi connectivity index (χ0) is 22.6. The summed E-state index contributed by atoms with van der Waals surface area (Å²) in [4.78, 5) is 40.6. The number of furan rings is 2. The highest BCUT2D eigenvalue weighted by molar-refractivity contribution is 6.10. The maximum absolute atomic E-state index is 13.4. The second-order valence-electron chi connectivity index (χ2n) is 8.38. The van der Waals surface area contributed by atoms with Gasteiger partial charge in [0.2, 0.25) is 0 Å². The van der Waals surface area contributed by atoms with Gasteiger partial charge in [-0.2, -0.15) is 5.10 Å². The third-order valence-corrected chi connectivity index (χ3v) is 6.56. The largest absolute Gasteiger partial charge is 0.467 e. The van der Waals surface area contributed by atoms with Crippen LogP contribution in [0.1, 0.15) is 41.5 Å². The molecule has 2 aromatic heterocycles. The number of fused-ring (bicyclic) bond motifs is 2. The lowest BCUT2D eigenvalue weighted by molar-refractivity contribution is -0.140. The summed E-state index contributed by atoms with van der Waals surface area (Å²) in [5.41, 5.74) is 1.31. The van der Waals surface area contributed by atoms with Crippen LogP contribution in [-0.4, -0.2) is 40.0 Å². The standard InChI is InChI=1S/C24H20N4O5/c29-21(28-18(20-8-4-12-33-20)13-17(26-28)19-7-3-11-32-19)14-27-22(30)24(25-23(27)31)10-9-15-5-1-2-6-16(15)24/h1-8,11-12,18H,9-10,13-14H2,(H,25,31). The van der Waals surface area contributed by atoms with E-state index in [9.17, 15) is 14.4 Å². The smallest absolute Gasteiger partial charge is 0.325 e. The van der Waals surface area contributed by atoms with Gasteiger partial charge in [0.25, 0.3) is 11.8 Å². The SMILES string of the molecule is O=C1NC2(CCc3ccccc32)C(=O)N1CC(=O)N1N=C(c2ccco2)CC1c1ccco1. The van der Waals surface area contributed by atoms with Crippen LogP contribution in [0.25, 0.3) is 0 Å². The van der Waals surface area contributed by atoms with Crippen molar-refractivity contribution < 1.29 is 23.2 Å². The zero-order valence-corrected chi connectivity index (χ0v) is 17.6. The maximum Gasteiger partial charge on any atom is 0.325 e. The van der Waals surface area contributed by atoms with Crippen LogP contribution < -0.4 is 5.32 Å². The van der Waals surface area contributed by atoms with E-state index >= 15 is 0 Å². The molecule has 0 bridgehead atoms. The van der Waals surface area contributed by atoms with E-state index < -0.39 is 36.0 Å². The third-order valence-electron chi connectivity index (χ3n) is 6.56. The average molecular weight is 444 g/mol. The molecule has 4 amide bonds. The van der Waals surface area contributed by atoms with Gasteiger partial charge >= 0.3 is 6.03 Å². The Hall–Kier alpha value is -4.14. The molecule has 1 saturated heterocycles. The van der Waals surface area contributed by atoms with Crippen LogP contribution >= 0.6 is 0 Å². The summed E-state index contributed by atoms with van der Waals surface area (Å²) in [6.07, 6.45) is 4.62. The topological polar surface area (TPSA) is 108 Å². The summed E-state index contributed by atoms with van der Waals surface area (Å²) >= 11 is 0. The number of carbonyl (C=O) groups is 3. The zero-order valence-electron chi connectivity index (χ0n) is 17.6. The number of benzene rings is 1. The predicted molar refractivity (Wildman–Crippen MR) is 115 cm³/mol. The van der Waals surface area contributed by atoms with E-state index in [1.807, 2.05) is 24.3 Å². The van der Waals surface area contributed by atoms with Gasteiger partial charge in [0.15, 0.2) is 0 Å². The van der Waals surface area contributed by atoms with Crippen LogP contribution in [0.15, 0.2) is 75.0 Å². The first kappa shape index (κ1) is 19.5. The van der Waals surface area contributed by atoms with Crippen molar-refractivity contribution in [3.8, 4) is 0 Å². The minimum atomic E-state index is -1.11. The fourth-order valence-electron chi connectivity index (χ4n) is 4.98. The number of nitrogens with one attached hydrogen (secondary N) is 1. The molecule has 2 atom stereocenters. The molecular formula is C24H20N4O5. The maximum atomic E-state index is 13.4. The van der Waals surface area contributed by atoms with Gasteiger partial charge in [-0.3, -0.25) is 14.5 Å². The molecule has 1 aromatic carbocycles. The highest BCUT2D eigenvalue weighted by Gasteiger charge is 2.56. The fourth-order valence-corrected chi connectivity index (χ4v) is 4.98. The first-order valence-electron chi connectivity index (χ1n) is 10.8. The average Bonchev–Trinajstić information content (AvgIpc) is 3.62. The Balaban J connectivity index is 1.28. The fraction of sp³-hybridized carbons (Fsp3) is 0.250. The molecule has 1 N–H and O–H groups in total. The molecule has 3 aliphatic rings. The van der Waals surface area contributed by atoms with Crippen molar-refractivity contribution in [2.75, 3.05) is 6.54 Å². The third kappa shape index (κ3) is 2.92. The molecule has 1 aliphatic carbocycles. The molecule has 6 rings (SSSR count). The van der Waals surface area contributed by atoms with Crippen LogP contribution in [0.4, 0.5) is 4.79 Å². The number of hydrogen-bond acceptors (Lipinski definition) is 6. The Morgan fingerprint density at radius 1 is 1.09 bits per heavy atom. The number of amides is 4. The van der Waals surface area contributed by atoms with Crippen LogP contribution in [0.5, 0.6) is 0 Å². The molecule has 1 fully saturated rings. The van der Waals surface area contributed by atoms with Crippen molar-refractivity contribution >= 4 is 23.6 Å². The number of urea groups is 1. The quantitative estimate of drug-likeness (QED) is 0.623. The molecule has 166 valence electrons. The normalized spacial score (nSPS) is 23.9. The lowest BCUT2D eigenvalue weighted by Gasteiger charge is -2.24. The van der Waals surface area contributed by atoms with E-state index in [4.69, 9.17) is 8.83 Å². The first-order chi connectivity index (χ1) is 16.1. The molecule has 9 heteroatoms. The molecule has 0 saturated carbocycles. The van der Waals surface area contributed by atoms with E-state index in [1.165, 1.54) is 17.5 Å². The second kappa shape index (κ2) is 7.19. The predicted octanol–water partition coefficient (Wildman–Crippen LogP) is 2.94. The Morgan fingerprint density at radius 2 is 1.91 bits per heavy atom. The summed E-state index contributed by atoms with van der Waals surface area (Å²) in [5, 5.41) is 8.59. The number of hydrazone groups is 1. The molecule has 4 heterocycles. The molecule has 0 radical (unpaired) electrons.